The van der Waals surface area contributed by atoms with Gasteiger partial charge in [0.25, 0.3) is 0 Å². The molecule has 2 N–H and O–H groups in total. The van der Waals surface area contributed by atoms with E-state index in [9.17, 15) is 22.8 Å². The van der Waals surface area contributed by atoms with Crippen LogP contribution in [0.5, 0.6) is 0 Å². The van der Waals surface area contributed by atoms with Gasteiger partial charge in [-0.15, -0.1) is 0 Å². The number of pyridine rings is 1. The molecule has 1 aromatic heterocycles. The Balaban J connectivity index is 0.000000613. The first-order chi connectivity index (χ1) is 19.3. The number of carbonyl (C=O) groups is 2. The van der Waals surface area contributed by atoms with Crippen molar-refractivity contribution in [2.45, 2.75) is 75.4 Å². The van der Waals surface area contributed by atoms with E-state index in [1.54, 1.807) is 0 Å². The molecule has 1 heterocycles. The molecule has 2 aliphatic carbocycles. The summed E-state index contributed by atoms with van der Waals surface area (Å²) >= 11 is 0. The number of hydrogen-bond donors (Lipinski definition) is 2. The molecular weight excluding hydrogens is 598 g/mol. The maximum absolute atomic E-state index is 12.4. The van der Waals surface area contributed by atoms with Crippen LogP contribution in [0.3, 0.4) is 0 Å². The van der Waals surface area contributed by atoms with Crippen molar-refractivity contribution in [1.29, 1.82) is 10.8 Å². The SMILES string of the molecule is CC(=O)c1cc(C(F)(F)F)cc(C(C)=O)n1.CC(C)C1=CC=CC(C(C)C)C1=N.CC(C)C1=CC=CC(C(C)C)C1=N.[Co]. The predicted molar refractivity (Wildman–Crippen MR) is 165 cm³/mol. The molecule has 43 heavy (non-hydrogen) atoms. The summed E-state index contributed by atoms with van der Waals surface area (Å²) in [6.07, 6.45) is 8.02. The zero-order valence-corrected chi connectivity index (χ0v) is 27.9. The van der Waals surface area contributed by atoms with Crippen molar-refractivity contribution in [3.05, 3.63) is 76.7 Å². The van der Waals surface area contributed by atoms with Crippen LogP contribution < -0.4 is 0 Å². The summed E-state index contributed by atoms with van der Waals surface area (Å²) < 4.78 is 37.3. The fraction of sp³-hybridized carbons (Fsp3) is 0.500. The average molecular weight is 645 g/mol. The van der Waals surface area contributed by atoms with E-state index in [-0.39, 0.29) is 28.2 Å². The molecule has 1 radical (unpaired) electrons. The first kappa shape index (κ1) is 40.1. The Labute approximate surface area is 265 Å². The van der Waals surface area contributed by atoms with Crippen molar-refractivity contribution >= 4 is 23.0 Å². The summed E-state index contributed by atoms with van der Waals surface area (Å²) in [4.78, 5) is 25.5. The van der Waals surface area contributed by atoms with Gasteiger partial charge in [-0.25, -0.2) is 4.98 Å². The van der Waals surface area contributed by atoms with Gasteiger partial charge in [0.05, 0.1) is 5.56 Å². The minimum Gasteiger partial charge on any atom is -0.304 e. The second-order valence-corrected chi connectivity index (χ2v) is 11.9. The smallest absolute Gasteiger partial charge is 0.304 e. The number of nitrogens with one attached hydrogen (secondary N) is 2. The van der Waals surface area contributed by atoms with Crippen molar-refractivity contribution in [3.63, 3.8) is 0 Å². The molecule has 0 amide bonds. The molecule has 2 atom stereocenters. The number of alkyl halides is 3. The Morgan fingerprint density at radius 1 is 0.721 bits per heavy atom. The molecule has 1 aromatic rings. The van der Waals surface area contributed by atoms with Crippen LogP contribution in [-0.4, -0.2) is 28.0 Å². The van der Waals surface area contributed by atoms with Crippen LogP contribution in [0.25, 0.3) is 0 Å². The molecule has 3 rings (SSSR count). The number of aromatic nitrogens is 1. The zero-order chi connectivity index (χ0) is 32.5. The third-order valence-electron chi connectivity index (χ3n) is 7.03. The van der Waals surface area contributed by atoms with Gasteiger partial charge in [0.2, 0.25) is 0 Å². The summed E-state index contributed by atoms with van der Waals surface area (Å²) in [7, 11) is 0. The molecular formula is C34H46CoF3N3O2. The molecule has 0 aliphatic heterocycles. The van der Waals surface area contributed by atoms with Crippen LogP contribution in [0.1, 0.15) is 95.8 Å². The maximum Gasteiger partial charge on any atom is 0.416 e. The van der Waals surface area contributed by atoms with E-state index >= 15 is 0 Å². The molecule has 0 saturated heterocycles. The number of halogens is 3. The summed E-state index contributed by atoms with van der Waals surface area (Å²) in [6.45, 7) is 19.5. The van der Waals surface area contributed by atoms with Crippen LogP contribution in [0.15, 0.2) is 59.7 Å². The Kier molecular flexibility index (Phi) is 16.2. The monoisotopic (exact) mass is 644 g/mol. The van der Waals surface area contributed by atoms with Gasteiger partial charge in [0.15, 0.2) is 11.6 Å². The summed E-state index contributed by atoms with van der Waals surface area (Å²) in [5, 5.41) is 16.1. The largest absolute Gasteiger partial charge is 0.416 e. The van der Waals surface area contributed by atoms with Gasteiger partial charge in [0.1, 0.15) is 11.4 Å². The van der Waals surface area contributed by atoms with Crippen LogP contribution in [0.4, 0.5) is 13.2 Å². The fourth-order valence-corrected chi connectivity index (χ4v) is 4.49. The van der Waals surface area contributed by atoms with E-state index in [0.717, 1.165) is 25.3 Å². The Morgan fingerprint density at radius 2 is 1.05 bits per heavy atom. The molecule has 0 spiro atoms. The zero-order valence-electron chi connectivity index (χ0n) is 26.8. The fourth-order valence-electron chi connectivity index (χ4n) is 4.49. The molecule has 2 unspecified atom stereocenters. The Morgan fingerprint density at radius 3 is 1.28 bits per heavy atom. The van der Waals surface area contributed by atoms with E-state index in [2.05, 4.69) is 96.8 Å². The number of rotatable bonds is 6. The Bertz CT molecular complexity index is 1200. The summed E-state index contributed by atoms with van der Waals surface area (Å²) in [6, 6.07) is 1.27. The van der Waals surface area contributed by atoms with E-state index in [0.29, 0.717) is 47.6 Å². The van der Waals surface area contributed by atoms with Crippen LogP contribution >= 0.6 is 0 Å². The molecule has 2 aliphatic rings. The van der Waals surface area contributed by atoms with Gasteiger partial charge in [-0.3, -0.25) is 9.59 Å². The van der Waals surface area contributed by atoms with Crippen molar-refractivity contribution in [2.75, 3.05) is 0 Å². The quantitative estimate of drug-likeness (QED) is 0.302. The number of nitrogens with zero attached hydrogens (tertiary/aromatic N) is 1. The molecule has 239 valence electrons. The molecule has 5 nitrogen and oxygen atoms in total. The van der Waals surface area contributed by atoms with Gasteiger partial charge in [-0.1, -0.05) is 91.8 Å². The van der Waals surface area contributed by atoms with Gasteiger partial charge < -0.3 is 10.8 Å². The number of hydrogen-bond acceptors (Lipinski definition) is 5. The van der Waals surface area contributed by atoms with Crippen LogP contribution in [0.2, 0.25) is 0 Å². The minimum atomic E-state index is -4.60. The second-order valence-electron chi connectivity index (χ2n) is 11.9. The van der Waals surface area contributed by atoms with Crippen molar-refractivity contribution in [1.82, 2.24) is 4.98 Å². The maximum atomic E-state index is 12.4. The first-order valence-corrected chi connectivity index (χ1v) is 14.3. The number of carbonyl (C=O) groups excluding carboxylic acids is 2. The van der Waals surface area contributed by atoms with Gasteiger partial charge in [-0.2, -0.15) is 13.2 Å². The Hall–Kier alpha value is -2.91. The van der Waals surface area contributed by atoms with E-state index in [1.807, 2.05) is 0 Å². The van der Waals surface area contributed by atoms with Crippen molar-refractivity contribution in [2.24, 2.45) is 35.5 Å². The molecule has 0 saturated carbocycles. The topological polar surface area (TPSA) is 94.7 Å². The summed E-state index contributed by atoms with van der Waals surface area (Å²) in [5.41, 5.74) is 2.25. The number of allylic oxidation sites excluding steroid dienone is 8. The molecule has 0 fully saturated rings. The van der Waals surface area contributed by atoms with Gasteiger partial charge in [-0.05, 0) is 47.0 Å². The summed E-state index contributed by atoms with van der Waals surface area (Å²) in [5.74, 6) is 1.42. The van der Waals surface area contributed by atoms with Crippen LogP contribution in [-0.2, 0) is 23.0 Å². The standard InChI is InChI=1S/2C12H19N.C10H8F3NO2.Co/c2*1-8(2)10-6-5-7-11(9(3)4)12(10)13;1-5(15)8-3-7(10(11,12)13)4-9(14-8)6(2)16;/h2*5-10,13H,1-4H3;3-4H,1-2H3;. The second kappa shape index (κ2) is 17.4. The number of Topliss-reactive ketones (excluding diaryl/α,β-unsaturated/α-hetero) is 2. The molecule has 0 aromatic carbocycles. The van der Waals surface area contributed by atoms with Gasteiger partial charge in [0, 0.05) is 53.9 Å². The average Bonchev–Trinajstić information content (AvgIpc) is 2.88. The third-order valence-corrected chi connectivity index (χ3v) is 7.03. The van der Waals surface area contributed by atoms with Crippen LogP contribution in [0, 0.1) is 46.3 Å². The molecule has 0 bridgehead atoms. The molecule has 9 heteroatoms. The van der Waals surface area contributed by atoms with E-state index < -0.39 is 23.3 Å². The van der Waals surface area contributed by atoms with Gasteiger partial charge >= 0.3 is 6.18 Å². The first-order valence-electron chi connectivity index (χ1n) is 14.3. The van der Waals surface area contributed by atoms with Crippen molar-refractivity contribution in [3.8, 4) is 0 Å². The van der Waals surface area contributed by atoms with E-state index in [1.165, 1.54) is 11.1 Å². The van der Waals surface area contributed by atoms with Crippen molar-refractivity contribution < 1.29 is 39.5 Å². The predicted octanol–water partition coefficient (Wildman–Crippen LogP) is 9.36. The minimum absolute atomic E-state index is 0. The van der Waals surface area contributed by atoms with E-state index in [4.69, 9.17) is 10.8 Å². The number of ketones is 2. The normalized spacial score (nSPS) is 18.0. The third kappa shape index (κ3) is 11.9.